The number of fused-ring (bicyclic) bond motifs is 12. The first-order valence-corrected chi connectivity index (χ1v) is 22.8. The van der Waals surface area contributed by atoms with Gasteiger partial charge >= 0.3 is 0 Å². The lowest BCUT2D eigenvalue weighted by Gasteiger charge is -2.20. The minimum Gasteiger partial charge on any atom is -0.455 e. The van der Waals surface area contributed by atoms with Gasteiger partial charge in [-0.05, 0) is 123 Å². The zero-order valence-corrected chi connectivity index (χ0v) is 35.4. The van der Waals surface area contributed by atoms with Gasteiger partial charge in [0.25, 0.3) is 0 Å². The topological polar surface area (TPSA) is 13.1 Å². The van der Waals surface area contributed by atoms with Crippen LogP contribution >= 0.6 is 11.3 Å². The van der Waals surface area contributed by atoms with Crippen molar-refractivity contribution in [2.75, 3.05) is 0 Å². The fourth-order valence-electron chi connectivity index (χ4n) is 11.0. The molecule has 0 unspecified atom stereocenters. The molecule has 64 heavy (non-hydrogen) atoms. The van der Waals surface area contributed by atoms with Gasteiger partial charge in [-0.15, -0.1) is 11.3 Å². The van der Waals surface area contributed by atoms with E-state index in [2.05, 4.69) is 218 Å². The Balaban J connectivity index is 1.06. The van der Waals surface area contributed by atoms with Crippen molar-refractivity contribution < 1.29 is 4.42 Å². The van der Waals surface area contributed by atoms with E-state index in [0.717, 1.165) is 27.3 Å². The molecular weight excluding hydrogens is 793 g/mol. The van der Waals surface area contributed by atoms with Crippen LogP contribution in [0.2, 0.25) is 0 Å². The van der Waals surface area contributed by atoms with Crippen LogP contribution in [-0.4, -0.2) is 0 Å². The molecule has 14 rings (SSSR count). The zero-order chi connectivity index (χ0) is 41.9. The van der Waals surface area contributed by atoms with Crippen molar-refractivity contribution in [1.29, 1.82) is 0 Å². The molecule has 0 saturated carbocycles. The van der Waals surface area contributed by atoms with Gasteiger partial charge in [0.1, 0.15) is 11.2 Å². The first kappa shape index (κ1) is 35.5. The zero-order valence-electron chi connectivity index (χ0n) is 34.6. The monoisotopic (exact) mass is 828 g/mol. The second-order valence-electron chi connectivity index (χ2n) is 17.0. The van der Waals surface area contributed by atoms with Crippen LogP contribution in [-0.2, 0) is 0 Å². The fraction of sp³-hybridized carbons (Fsp3) is 0. The Labute approximate surface area is 372 Å². The highest BCUT2D eigenvalue weighted by Crippen LogP contribution is 2.52. The Hall–Kier alpha value is -8.04. The average molecular weight is 829 g/mol. The minimum atomic E-state index is 0.905. The third kappa shape index (κ3) is 5.06. The number of hydrogen-bond acceptors (Lipinski definition) is 2. The molecule has 0 atom stereocenters. The molecular formula is C62H36OS. The van der Waals surface area contributed by atoms with Crippen LogP contribution in [0.25, 0.3) is 140 Å². The van der Waals surface area contributed by atoms with Crippen LogP contribution in [0.3, 0.4) is 0 Å². The molecule has 0 fully saturated rings. The highest BCUT2D eigenvalue weighted by molar-refractivity contribution is 7.26. The number of rotatable bonds is 4. The summed E-state index contributed by atoms with van der Waals surface area (Å²) in [6.45, 7) is 0. The van der Waals surface area contributed by atoms with E-state index in [-0.39, 0.29) is 0 Å². The molecule has 12 aromatic carbocycles. The second-order valence-corrected chi connectivity index (χ2v) is 18.1. The maximum atomic E-state index is 6.59. The van der Waals surface area contributed by atoms with Crippen molar-refractivity contribution in [2.24, 2.45) is 0 Å². The van der Waals surface area contributed by atoms with Crippen LogP contribution in [0.1, 0.15) is 0 Å². The maximum absolute atomic E-state index is 6.59. The molecule has 0 aliphatic rings. The summed E-state index contributed by atoms with van der Waals surface area (Å²) in [6, 6.07) is 80.5. The lowest BCUT2D eigenvalue weighted by atomic mass is 9.83. The van der Waals surface area contributed by atoms with Crippen molar-refractivity contribution in [1.82, 2.24) is 0 Å². The largest absolute Gasteiger partial charge is 0.455 e. The Morgan fingerprint density at radius 1 is 0.281 bits per heavy atom. The van der Waals surface area contributed by atoms with Crippen LogP contribution < -0.4 is 0 Å². The van der Waals surface area contributed by atoms with Gasteiger partial charge in [0.05, 0.1) is 0 Å². The van der Waals surface area contributed by atoms with Gasteiger partial charge in [0.2, 0.25) is 0 Å². The summed E-state index contributed by atoms with van der Waals surface area (Å²) in [7, 11) is 0. The quantitative estimate of drug-likeness (QED) is 0.161. The van der Waals surface area contributed by atoms with E-state index in [0.29, 0.717) is 0 Å². The first-order chi connectivity index (χ1) is 31.8. The van der Waals surface area contributed by atoms with E-state index in [4.69, 9.17) is 4.42 Å². The summed E-state index contributed by atoms with van der Waals surface area (Å²) in [6.07, 6.45) is 0. The Morgan fingerprint density at radius 2 is 0.734 bits per heavy atom. The Kier molecular flexibility index (Phi) is 7.63. The molecule has 0 amide bonds. The van der Waals surface area contributed by atoms with Gasteiger partial charge in [0, 0.05) is 36.3 Å². The molecule has 2 aromatic heterocycles. The van der Waals surface area contributed by atoms with Crippen molar-refractivity contribution >= 4 is 107 Å². The molecule has 1 nitrogen and oxygen atoms in total. The summed E-state index contributed by atoms with van der Waals surface area (Å²) in [5.41, 5.74) is 11.9. The molecule has 0 aliphatic carbocycles. The Bertz CT molecular complexity index is 4130. The van der Waals surface area contributed by atoms with E-state index < -0.39 is 0 Å². The van der Waals surface area contributed by atoms with Gasteiger partial charge in [0.15, 0.2) is 0 Å². The molecule has 14 aromatic rings. The standard InChI is InChI=1S/C62H36OS/c1-2-17-38(18-3-1)56-41-20-6-10-24-45(41)58(46-25-11-7-21-42(46)56)50-28-14-30-54-60(50)61-51(29-15-31-55(61)64-54)59-47-26-12-8-22-43(47)57(44-23-9-13-27-48(44)59)39-33-35-53-52(36-39)49-34-32-37-16-4-5-19-40(37)62(49)63-53/h1-36H. The molecule has 2 heteroatoms. The molecule has 2 heterocycles. The Morgan fingerprint density at radius 3 is 1.27 bits per heavy atom. The summed E-state index contributed by atoms with van der Waals surface area (Å²) < 4.78 is 9.17. The van der Waals surface area contributed by atoms with Gasteiger partial charge in [-0.2, -0.15) is 0 Å². The molecule has 0 N–H and O–H groups in total. The molecule has 296 valence electrons. The highest BCUT2D eigenvalue weighted by Gasteiger charge is 2.24. The van der Waals surface area contributed by atoms with E-state index in [1.54, 1.807) is 0 Å². The predicted molar refractivity (Wildman–Crippen MR) is 276 cm³/mol. The van der Waals surface area contributed by atoms with Crippen molar-refractivity contribution in [3.63, 3.8) is 0 Å². The van der Waals surface area contributed by atoms with Crippen molar-refractivity contribution in [3.8, 4) is 44.5 Å². The predicted octanol–water partition coefficient (Wildman–Crippen LogP) is 18.4. The smallest absolute Gasteiger partial charge is 0.143 e. The van der Waals surface area contributed by atoms with E-state index in [1.165, 1.54) is 113 Å². The SMILES string of the molecule is c1ccc(-c2c3ccccc3c(-c3cccc4sc5cccc(-c6c7ccccc7c(-c7ccc8oc9c%10ccccc%10ccc9c8c7)c7ccccc67)c5c34)c3ccccc23)cc1. The van der Waals surface area contributed by atoms with Gasteiger partial charge in [-0.3, -0.25) is 0 Å². The van der Waals surface area contributed by atoms with Gasteiger partial charge in [-0.25, -0.2) is 0 Å². The number of furan rings is 1. The number of thiophene rings is 1. The van der Waals surface area contributed by atoms with Crippen molar-refractivity contribution in [2.45, 2.75) is 0 Å². The van der Waals surface area contributed by atoms with Crippen molar-refractivity contribution in [3.05, 3.63) is 218 Å². The van der Waals surface area contributed by atoms with E-state index in [9.17, 15) is 0 Å². The lowest BCUT2D eigenvalue weighted by molar-refractivity contribution is 0.672. The summed E-state index contributed by atoms with van der Waals surface area (Å²) in [5, 5.41) is 17.2. The third-order valence-corrected chi connectivity index (χ3v) is 14.8. The molecule has 0 aliphatic heterocycles. The highest BCUT2D eigenvalue weighted by atomic mass is 32.1. The van der Waals surface area contributed by atoms with E-state index >= 15 is 0 Å². The molecule has 0 spiro atoms. The fourth-order valence-corrected chi connectivity index (χ4v) is 12.2. The lowest BCUT2D eigenvalue weighted by Crippen LogP contribution is -1.92. The first-order valence-electron chi connectivity index (χ1n) is 22.0. The summed E-state index contributed by atoms with van der Waals surface area (Å²) in [4.78, 5) is 0. The van der Waals surface area contributed by atoms with Gasteiger partial charge < -0.3 is 4.42 Å². The maximum Gasteiger partial charge on any atom is 0.143 e. The number of benzene rings is 12. The van der Waals surface area contributed by atoms with Gasteiger partial charge in [-0.1, -0.05) is 188 Å². The normalized spacial score (nSPS) is 12.1. The third-order valence-electron chi connectivity index (χ3n) is 13.6. The summed E-state index contributed by atoms with van der Waals surface area (Å²) >= 11 is 1.90. The number of hydrogen-bond donors (Lipinski definition) is 0. The average Bonchev–Trinajstić information content (AvgIpc) is 3.94. The van der Waals surface area contributed by atoms with Crippen LogP contribution in [0.15, 0.2) is 223 Å². The van der Waals surface area contributed by atoms with Crippen LogP contribution in [0, 0.1) is 0 Å². The molecule has 0 saturated heterocycles. The van der Waals surface area contributed by atoms with E-state index in [1.807, 2.05) is 11.3 Å². The minimum absolute atomic E-state index is 0.905. The van der Waals surface area contributed by atoms with Crippen LogP contribution in [0.5, 0.6) is 0 Å². The molecule has 0 radical (unpaired) electrons. The molecule has 0 bridgehead atoms. The van der Waals surface area contributed by atoms with Crippen LogP contribution in [0.4, 0.5) is 0 Å². The summed E-state index contributed by atoms with van der Waals surface area (Å²) in [5.74, 6) is 0. The second kappa shape index (κ2) is 13.7.